The number of hydrogen-bond donors (Lipinski definition) is 0. The van der Waals surface area contributed by atoms with Gasteiger partial charge >= 0.3 is 0 Å². The Morgan fingerprint density at radius 2 is 1.63 bits per heavy atom. The molecular formula is C23H31N3O3S. The average molecular weight is 430 g/mol. The number of piperazine rings is 1. The van der Waals surface area contributed by atoms with Crippen molar-refractivity contribution in [2.24, 2.45) is 0 Å². The minimum atomic E-state index is -3.49. The van der Waals surface area contributed by atoms with E-state index in [0.717, 1.165) is 63.4 Å². The number of methoxy groups -OCH3 is 1. The van der Waals surface area contributed by atoms with Gasteiger partial charge in [0.1, 0.15) is 0 Å². The van der Waals surface area contributed by atoms with E-state index in [-0.39, 0.29) is 0 Å². The summed E-state index contributed by atoms with van der Waals surface area (Å²) in [5.74, 6) is 0. The van der Waals surface area contributed by atoms with Gasteiger partial charge in [0.05, 0.1) is 11.5 Å². The first kappa shape index (κ1) is 21.5. The van der Waals surface area contributed by atoms with E-state index < -0.39 is 10.0 Å². The lowest BCUT2D eigenvalue weighted by Gasteiger charge is -2.34. The monoisotopic (exact) mass is 429 g/mol. The number of nitrogens with zero attached hydrogens (tertiary/aromatic N) is 3. The van der Waals surface area contributed by atoms with Crippen molar-refractivity contribution in [3.8, 4) is 0 Å². The molecule has 1 fully saturated rings. The van der Waals surface area contributed by atoms with Crippen molar-refractivity contribution in [1.29, 1.82) is 0 Å². The van der Waals surface area contributed by atoms with Gasteiger partial charge in [-0.05, 0) is 35.2 Å². The van der Waals surface area contributed by atoms with Crippen LogP contribution in [0.4, 0.5) is 0 Å². The van der Waals surface area contributed by atoms with Gasteiger partial charge in [-0.2, -0.15) is 4.31 Å². The highest BCUT2D eigenvalue weighted by atomic mass is 32.2. The minimum Gasteiger partial charge on any atom is -0.383 e. The summed E-state index contributed by atoms with van der Waals surface area (Å²) in [4.78, 5) is 5.21. The second-order valence-corrected chi connectivity index (χ2v) is 10.1. The molecule has 1 saturated heterocycles. The summed E-state index contributed by atoms with van der Waals surface area (Å²) in [6, 6.07) is 15.6. The summed E-state index contributed by atoms with van der Waals surface area (Å²) in [6.45, 7) is 7.53. The average Bonchev–Trinajstić information content (AvgIpc) is 2.78. The van der Waals surface area contributed by atoms with E-state index in [0.29, 0.717) is 18.0 Å². The molecule has 2 aromatic carbocycles. The highest BCUT2D eigenvalue weighted by molar-refractivity contribution is 7.89. The van der Waals surface area contributed by atoms with Crippen molar-refractivity contribution in [3.63, 3.8) is 0 Å². The lowest BCUT2D eigenvalue weighted by atomic mass is 10.0. The van der Waals surface area contributed by atoms with Crippen LogP contribution in [0.5, 0.6) is 0 Å². The molecule has 0 unspecified atom stereocenters. The van der Waals surface area contributed by atoms with Crippen LogP contribution in [0.3, 0.4) is 0 Å². The fourth-order valence-electron chi connectivity index (χ4n) is 4.28. The fourth-order valence-corrected chi connectivity index (χ4v) is 5.77. The van der Waals surface area contributed by atoms with Gasteiger partial charge in [0, 0.05) is 59.5 Å². The molecule has 2 aliphatic heterocycles. The number of ether oxygens (including phenoxy) is 1. The van der Waals surface area contributed by atoms with Crippen LogP contribution in [0.15, 0.2) is 53.4 Å². The zero-order valence-electron chi connectivity index (χ0n) is 17.7. The SMILES string of the molecule is COCCN1CCN(Cc2cccc(S(=O)(=O)N3CCc4ccccc4C3)c2)CC1. The molecule has 0 bridgehead atoms. The van der Waals surface area contributed by atoms with E-state index >= 15 is 0 Å². The third kappa shape index (κ3) is 4.92. The Morgan fingerprint density at radius 1 is 0.900 bits per heavy atom. The van der Waals surface area contributed by atoms with E-state index in [4.69, 9.17) is 4.74 Å². The molecule has 0 radical (unpaired) electrons. The van der Waals surface area contributed by atoms with E-state index in [1.807, 2.05) is 36.4 Å². The summed E-state index contributed by atoms with van der Waals surface area (Å²) in [7, 11) is -1.76. The largest absolute Gasteiger partial charge is 0.383 e. The molecule has 2 aromatic rings. The summed E-state index contributed by atoms with van der Waals surface area (Å²) in [5.41, 5.74) is 3.41. The van der Waals surface area contributed by atoms with Gasteiger partial charge in [0.2, 0.25) is 10.0 Å². The Hall–Kier alpha value is -1.77. The lowest BCUT2D eigenvalue weighted by Crippen LogP contribution is -2.46. The molecule has 0 aromatic heterocycles. The van der Waals surface area contributed by atoms with Gasteiger partial charge in [0.15, 0.2) is 0 Å². The van der Waals surface area contributed by atoms with E-state index in [1.165, 1.54) is 5.56 Å². The summed E-state index contributed by atoms with van der Waals surface area (Å²) in [5, 5.41) is 0. The normalized spacial score (nSPS) is 19.0. The molecule has 0 N–H and O–H groups in total. The number of sulfonamides is 1. The summed E-state index contributed by atoms with van der Waals surface area (Å²) >= 11 is 0. The zero-order valence-corrected chi connectivity index (χ0v) is 18.5. The number of fused-ring (bicyclic) bond motifs is 1. The maximum Gasteiger partial charge on any atom is 0.243 e. The minimum absolute atomic E-state index is 0.401. The molecule has 2 heterocycles. The fraction of sp³-hybridized carbons (Fsp3) is 0.478. The summed E-state index contributed by atoms with van der Waals surface area (Å²) < 4.78 is 33.3. The van der Waals surface area contributed by atoms with Crippen molar-refractivity contribution in [1.82, 2.24) is 14.1 Å². The molecule has 6 nitrogen and oxygen atoms in total. The van der Waals surface area contributed by atoms with Crippen LogP contribution in [-0.4, -0.2) is 75.5 Å². The second kappa shape index (κ2) is 9.58. The number of hydrogen-bond acceptors (Lipinski definition) is 5. The molecule has 0 aliphatic carbocycles. The van der Waals surface area contributed by atoms with Gasteiger partial charge in [0.25, 0.3) is 0 Å². The third-order valence-corrected chi connectivity index (χ3v) is 7.96. The first-order chi connectivity index (χ1) is 14.6. The van der Waals surface area contributed by atoms with Crippen LogP contribution in [0.2, 0.25) is 0 Å². The van der Waals surface area contributed by atoms with Crippen molar-refractivity contribution >= 4 is 10.0 Å². The smallest absolute Gasteiger partial charge is 0.243 e. The van der Waals surface area contributed by atoms with Gasteiger partial charge in [-0.15, -0.1) is 0 Å². The predicted molar refractivity (Wildman–Crippen MR) is 118 cm³/mol. The van der Waals surface area contributed by atoms with Crippen LogP contribution >= 0.6 is 0 Å². The van der Waals surface area contributed by atoms with Crippen LogP contribution in [-0.2, 0) is 34.3 Å². The number of rotatable bonds is 7. The molecule has 4 rings (SSSR count). The maximum absolute atomic E-state index is 13.3. The van der Waals surface area contributed by atoms with E-state index in [1.54, 1.807) is 17.5 Å². The van der Waals surface area contributed by atoms with Gasteiger partial charge in [-0.3, -0.25) is 9.80 Å². The van der Waals surface area contributed by atoms with E-state index in [2.05, 4.69) is 15.9 Å². The lowest BCUT2D eigenvalue weighted by molar-refractivity contribution is 0.0938. The van der Waals surface area contributed by atoms with Crippen molar-refractivity contribution < 1.29 is 13.2 Å². The van der Waals surface area contributed by atoms with Crippen molar-refractivity contribution in [3.05, 3.63) is 65.2 Å². The first-order valence-corrected chi connectivity index (χ1v) is 12.1. The van der Waals surface area contributed by atoms with Crippen LogP contribution in [0, 0.1) is 0 Å². The van der Waals surface area contributed by atoms with Gasteiger partial charge in [-0.1, -0.05) is 36.4 Å². The van der Waals surface area contributed by atoms with Crippen LogP contribution in [0.25, 0.3) is 0 Å². The van der Waals surface area contributed by atoms with Crippen molar-refractivity contribution in [2.75, 3.05) is 53.0 Å². The van der Waals surface area contributed by atoms with Crippen LogP contribution < -0.4 is 0 Å². The van der Waals surface area contributed by atoms with E-state index in [9.17, 15) is 8.42 Å². The summed E-state index contributed by atoms with van der Waals surface area (Å²) in [6.07, 6.45) is 0.766. The molecule has 0 amide bonds. The third-order valence-electron chi connectivity index (χ3n) is 6.11. The Morgan fingerprint density at radius 3 is 2.40 bits per heavy atom. The molecule has 0 spiro atoms. The quantitative estimate of drug-likeness (QED) is 0.675. The van der Waals surface area contributed by atoms with Crippen LogP contribution in [0.1, 0.15) is 16.7 Å². The predicted octanol–water partition coefficient (Wildman–Crippen LogP) is 2.20. The highest BCUT2D eigenvalue weighted by Gasteiger charge is 2.28. The second-order valence-electron chi connectivity index (χ2n) is 8.12. The highest BCUT2D eigenvalue weighted by Crippen LogP contribution is 2.25. The molecule has 0 atom stereocenters. The molecule has 30 heavy (non-hydrogen) atoms. The Kier molecular flexibility index (Phi) is 6.85. The van der Waals surface area contributed by atoms with Gasteiger partial charge in [-0.25, -0.2) is 8.42 Å². The molecule has 162 valence electrons. The number of benzene rings is 2. The van der Waals surface area contributed by atoms with Crippen molar-refractivity contribution in [2.45, 2.75) is 24.4 Å². The Bertz CT molecular complexity index is 956. The first-order valence-electron chi connectivity index (χ1n) is 10.7. The Balaban J connectivity index is 1.41. The molecular weight excluding hydrogens is 398 g/mol. The zero-order chi connectivity index (χ0) is 21.0. The molecule has 0 saturated carbocycles. The maximum atomic E-state index is 13.3. The molecule has 2 aliphatic rings. The standard InChI is InChI=1S/C23H31N3O3S/c1-29-16-15-24-11-13-25(14-12-24)18-20-5-4-8-23(17-20)30(27,28)26-10-9-21-6-2-3-7-22(21)19-26/h2-8,17H,9-16,18-19H2,1H3. The van der Waals surface area contributed by atoms with Gasteiger partial charge < -0.3 is 4.74 Å². The topological polar surface area (TPSA) is 53.1 Å². The molecule has 7 heteroatoms. The Labute approximate surface area is 180 Å².